The molecule has 20 heavy (non-hydrogen) atoms. The molecule has 3 nitrogen and oxygen atoms in total. The van der Waals surface area contributed by atoms with Gasteiger partial charge >= 0.3 is 6.18 Å². The Labute approximate surface area is 113 Å². The summed E-state index contributed by atoms with van der Waals surface area (Å²) in [6, 6.07) is 5.05. The van der Waals surface area contributed by atoms with Crippen LogP contribution in [-0.2, 0) is 12.6 Å². The van der Waals surface area contributed by atoms with Crippen molar-refractivity contribution >= 4 is 0 Å². The molecule has 0 radical (unpaired) electrons. The molecule has 0 atom stereocenters. The van der Waals surface area contributed by atoms with E-state index in [2.05, 4.69) is 9.97 Å². The molecule has 2 aromatic rings. The monoisotopic (exact) mass is 282 g/mol. The first-order valence-corrected chi connectivity index (χ1v) is 6.11. The minimum atomic E-state index is -4.49. The Morgan fingerprint density at radius 1 is 1.25 bits per heavy atom. The number of rotatable bonds is 2. The predicted molar refractivity (Wildman–Crippen MR) is 69.4 cm³/mol. The van der Waals surface area contributed by atoms with Crippen LogP contribution in [0.1, 0.15) is 23.7 Å². The van der Waals surface area contributed by atoms with Gasteiger partial charge in [-0.2, -0.15) is 13.2 Å². The third-order valence-electron chi connectivity index (χ3n) is 3.06. The van der Waals surface area contributed by atoms with Crippen LogP contribution in [0, 0.1) is 6.92 Å². The largest absolute Gasteiger partial charge is 0.417 e. The van der Waals surface area contributed by atoms with Gasteiger partial charge in [-0.05, 0) is 19.4 Å². The van der Waals surface area contributed by atoms with Crippen LogP contribution < -0.4 is 5.56 Å². The highest BCUT2D eigenvalue weighted by molar-refractivity contribution is 5.61. The van der Waals surface area contributed by atoms with Crippen LogP contribution in [0.25, 0.3) is 11.4 Å². The molecule has 0 amide bonds. The molecule has 0 aliphatic heterocycles. The zero-order chi connectivity index (χ0) is 14.9. The first-order chi connectivity index (χ1) is 9.34. The quantitative estimate of drug-likeness (QED) is 0.918. The summed E-state index contributed by atoms with van der Waals surface area (Å²) in [6.07, 6.45) is -4.01. The van der Waals surface area contributed by atoms with E-state index in [1.807, 2.05) is 0 Å². The van der Waals surface area contributed by atoms with Crippen molar-refractivity contribution in [3.8, 4) is 11.4 Å². The third kappa shape index (κ3) is 2.59. The van der Waals surface area contributed by atoms with Gasteiger partial charge in [0.1, 0.15) is 5.82 Å². The molecule has 0 aliphatic rings. The topological polar surface area (TPSA) is 45.8 Å². The number of aromatic amines is 1. The fraction of sp³-hybridized carbons (Fsp3) is 0.286. The molecule has 2 rings (SSSR count). The minimum Gasteiger partial charge on any atom is -0.306 e. The zero-order valence-electron chi connectivity index (χ0n) is 11.0. The highest BCUT2D eigenvalue weighted by Gasteiger charge is 2.34. The number of hydrogen-bond donors (Lipinski definition) is 1. The fourth-order valence-electron chi connectivity index (χ4n) is 2.09. The average molecular weight is 282 g/mol. The number of nitrogens with zero attached hydrogens (tertiary/aromatic N) is 1. The van der Waals surface area contributed by atoms with Crippen LogP contribution in [0.3, 0.4) is 0 Å². The molecule has 0 unspecified atom stereocenters. The van der Waals surface area contributed by atoms with E-state index in [-0.39, 0.29) is 11.4 Å². The molecule has 1 aromatic heterocycles. The van der Waals surface area contributed by atoms with Crippen molar-refractivity contribution in [2.75, 3.05) is 0 Å². The number of aryl methyl sites for hydroxylation is 1. The Kier molecular flexibility index (Phi) is 3.65. The third-order valence-corrected chi connectivity index (χ3v) is 3.06. The van der Waals surface area contributed by atoms with Crippen molar-refractivity contribution in [3.63, 3.8) is 0 Å². The number of hydrogen-bond acceptors (Lipinski definition) is 2. The van der Waals surface area contributed by atoms with E-state index in [4.69, 9.17) is 0 Å². The van der Waals surface area contributed by atoms with Crippen LogP contribution in [0.2, 0.25) is 0 Å². The number of benzene rings is 1. The maximum absolute atomic E-state index is 13.0. The number of nitrogens with one attached hydrogen (secondary N) is 1. The van der Waals surface area contributed by atoms with E-state index >= 15 is 0 Å². The normalized spacial score (nSPS) is 11.7. The number of aromatic nitrogens is 2. The summed E-state index contributed by atoms with van der Waals surface area (Å²) in [5, 5.41) is 0. The van der Waals surface area contributed by atoms with Gasteiger partial charge in [-0.3, -0.25) is 4.79 Å². The second kappa shape index (κ2) is 5.11. The lowest BCUT2D eigenvalue weighted by Crippen LogP contribution is -2.18. The van der Waals surface area contributed by atoms with Crippen molar-refractivity contribution in [2.45, 2.75) is 26.4 Å². The second-order valence-electron chi connectivity index (χ2n) is 4.38. The Balaban J connectivity index is 2.68. The summed E-state index contributed by atoms with van der Waals surface area (Å²) in [4.78, 5) is 18.4. The van der Waals surface area contributed by atoms with Gasteiger partial charge in [-0.1, -0.05) is 25.1 Å². The Morgan fingerprint density at radius 3 is 2.45 bits per heavy atom. The summed E-state index contributed by atoms with van der Waals surface area (Å²) in [6.45, 7) is 3.41. The van der Waals surface area contributed by atoms with E-state index in [9.17, 15) is 18.0 Å². The molecule has 106 valence electrons. The highest BCUT2D eigenvalue weighted by atomic mass is 19.4. The van der Waals surface area contributed by atoms with Crippen LogP contribution in [0.15, 0.2) is 29.1 Å². The number of halogens is 3. The zero-order valence-corrected chi connectivity index (χ0v) is 11.0. The van der Waals surface area contributed by atoms with Gasteiger partial charge < -0.3 is 4.98 Å². The summed E-state index contributed by atoms with van der Waals surface area (Å²) < 4.78 is 38.9. The molecule has 1 aromatic carbocycles. The molecule has 0 bridgehead atoms. The SMILES string of the molecule is CCc1c(C)nc(-c2ccccc2C(F)(F)F)[nH]c1=O. The van der Waals surface area contributed by atoms with Gasteiger partial charge in [-0.25, -0.2) is 4.98 Å². The standard InChI is InChI=1S/C14H13F3N2O/c1-3-9-8(2)18-12(19-13(9)20)10-6-4-5-7-11(10)14(15,16)17/h4-7H,3H2,1-2H3,(H,18,19,20). The van der Waals surface area contributed by atoms with Crippen LogP contribution in [0.4, 0.5) is 13.2 Å². The molecule has 0 fully saturated rings. The Hall–Kier alpha value is -2.11. The van der Waals surface area contributed by atoms with Gasteiger partial charge in [0.2, 0.25) is 0 Å². The van der Waals surface area contributed by atoms with Crippen LogP contribution >= 0.6 is 0 Å². The smallest absolute Gasteiger partial charge is 0.306 e. The molecule has 0 aliphatic carbocycles. The molecule has 1 heterocycles. The van der Waals surface area contributed by atoms with Crippen molar-refractivity contribution in [3.05, 3.63) is 51.4 Å². The number of alkyl halides is 3. The molecule has 0 saturated heterocycles. The molecule has 1 N–H and O–H groups in total. The maximum Gasteiger partial charge on any atom is 0.417 e. The van der Waals surface area contributed by atoms with Crippen LogP contribution in [0.5, 0.6) is 0 Å². The van der Waals surface area contributed by atoms with E-state index in [0.717, 1.165) is 6.07 Å². The van der Waals surface area contributed by atoms with E-state index < -0.39 is 17.3 Å². The minimum absolute atomic E-state index is 0.0578. The molecular formula is C14H13F3N2O. The Bertz CT molecular complexity index is 690. The molecular weight excluding hydrogens is 269 g/mol. The van der Waals surface area contributed by atoms with E-state index in [0.29, 0.717) is 17.7 Å². The van der Waals surface area contributed by atoms with Crippen molar-refractivity contribution < 1.29 is 13.2 Å². The van der Waals surface area contributed by atoms with Crippen molar-refractivity contribution in [1.29, 1.82) is 0 Å². The summed E-state index contributed by atoms with van der Waals surface area (Å²) in [7, 11) is 0. The average Bonchev–Trinajstić information content (AvgIpc) is 2.37. The van der Waals surface area contributed by atoms with Gasteiger partial charge in [-0.15, -0.1) is 0 Å². The molecule has 6 heteroatoms. The summed E-state index contributed by atoms with van der Waals surface area (Å²) >= 11 is 0. The first kappa shape index (κ1) is 14.3. The predicted octanol–water partition coefficient (Wildman–Crippen LogP) is 3.33. The van der Waals surface area contributed by atoms with Gasteiger partial charge in [0, 0.05) is 16.8 Å². The van der Waals surface area contributed by atoms with E-state index in [1.54, 1.807) is 13.8 Å². The van der Waals surface area contributed by atoms with E-state index in [1.165, 1.54) is 18.2 Å². The molecule has 0 spiro atoms. The van der Waals surface area contributed by atoms with Gasteiger partial charge in [0.05, 0.1) is 5.56 Å². The first-order valence-electron chi connectivity index (χ1n) is 6.11. The Morgan fingerprint density at radius 2 is 1.90 bits per heavy atom. The van der Waals surface area contributed by atoms with Crippen LogP contribution in [-0.4, -0.2) is 9.97 Å². The second-order valence-corrected chi connectivity index (χ2v) is 4.38. The molecule has 0 saturated carbocycles. The number of H-pyrrole nitrogens is 1. The van der Waals surface area contributed by atoms with Gasteiger partial charge in [0.15, 0.2) is 0 Å². The fourth-order valence-corrected chi connectivity index (χ4v) is 2.09. The lowest BCUT2D eigenvalue weighted by atomic mass is 10.1. The van der Waals surface area contributed by atoms with Crippen molar-refractivity contribution in [2.24, 2.45) is 0 Å². The lowest BCUT2D eigenvalue weighted by molar-refractivity contribution is -0.137. The summed E-state index contributed by atoms with van der Waals surface area (Å²) in [5.74, 6) is -0.0578. The summed E-state index contributed by atoms with van der Waals surface area (Å²) in [5.41, 5.74) is -0.400. The van der Waals surface area contributed by atoms with Gasteiger partial charge in [0.25, 0.3) is 5.56 Å². The van der Waals surface area contributed by atoms with Crippen molar-refractivity contribution in [1.82, 2.24) is 9.97 Å². The highest BCUT2D eigenvalue weighted by Crippen LogP contribution is 2.35. The lowest BCUT2D eigenvalue weighted by Gasteiger charge is -2.13. The maximum atomic E-state index is 13.0.